The summed E-state index contributed by atoms with van der Waals surface area (Å²) in [6.45, 7) is 2.02. The van der Waals surface area contributed by atoms with Crippen LogP contribution in [0.1, 0.15) is 29.9 Å². The Hall–Kier alpha value is -2.46. The van der Waals surface area contributed by atoms with Crippen LogP contribution in [-0.4, -0.2) is 80.2 Å². The van der Waals surface area contributed by atoms with Crippen LogP contribution < -0.4 is 5.73 Å². The number of benzene rings is 1. The average molecular weight is 434 g/mol. The molecule has 31 heavy (non-hydrogen) atoms. The Morgan fingerprint density at radius 2 is 1.81 bits per heavy atom. The number of hydrogen-bond acceptors (Lipinski definition) is 6. The molecule has 1 fully saturated rings. The highest BCUT2D eigenvalue weighted by atomic mass is 16.4. The second kappa shape index (κ2) is 9.35. The molecule has 1 aromatic carbocycles. The summed E-state index contributed by atoms with van der Waals surface area (Å²) in [7, 11) is 4.47. The Morgan fingerprint density at radius 3 is 2.39 bits per heavy atom. The lowest BCUT2D eigenvalue weighted by Gasteiger charge is -2.45. The van der Waals surface area contributed by atoms with Gasteiger partial charge < -0.3 is 35.6 Å². The number of aliphatic hydroxyl groups is 2. The molecule has 0 radical (unpaired) electrons. The fraction of sp³-hybridized carbons (Fsp3) is 0.545. The number of nitrogens with zero attached hydrogens (tertiary/aromatic N) is 2. The van der Waals surface area contributed by atoms with E-state index in [9.17, 15) is 9.59 Å². The number of carboxylic acids is 2. The van der Waals surface area contributed by atoms with Gasteiger partial charge >= 0.3 is 11.9 Å². The third-order valence-electron chi connectivity index (χ3n) is 6.50. The van der Waals surface area contributed by atoms with Gasteiger partial charge in [-0.2, -0.15) is 0 Å². The van der Waals surface area contributed by atoms with Crippen LogP contribution >= 0.6 is 0 Å². The topological polar surface area (TPSA) is 149 Å². The number of aliphatic hydroxyl groups excluding tert-OH is 2. The number of likely N-dealkylation sites (tertiary alicyclic amines) is 1. The lowest BCUT2D eigenvalue weighted by Crippen LogP contribution is -2.48. The Bertz CT molecular complexity index is 940. The molecule has 6 N–H and O–H groups in total. The van der Waals surface area contributed by atoms with Crippen LogP contribution in [0, 0.1) is 5.92 Å². The van der Waals surface area contributed by atoms with E-state index in [4.69, 9.17) is 26.2 Å². The number of carbonyl (C=O) groups is 2. The van der Waals surface area contributed by atoms with E-state index in [1.54, 1.807) is 5.56 Å². The molecule has 170 valence electrons. The summed E-state index contributed by atoms with van der Waals surface area (Å²) in [6.07, 6.45) is 1.47. The summed E-state index contributed by atoms with van der Waals surface area (Å²) in [5, 5.41) is 34.1. The van der Waals surface area contributed by atoms with Crippen LogP contribution in [0.15, 0.2) is 24.4 Å². The predicted octanol–water partition coefficient (Wildman–Crippen LogP) is 0.365. The first-order chi connectivity index (χ1) is 14.6. The maximum absolute atomic E-state index is 9.77. The van der Waals surface area contributed by atoms with E-state index >= 15 is 0 Å². The zero-order valence-corrected chi connectivity index (χ0v) is 17.8. The summed E-state index contributed by atoms with van der Waals surface area (Å²) in [6, 6.07) is 7.52. The van der Waals surface area contributed by atoms with Crippen molar-refractivity contribution in [1.29, 1.82) is 0 Å². The number of carboxylic acid groups (broad SMARTS) is 2. The van der Waals surface area contributed by atoms with Gasteiger partial charge in [0.2, 0.25) is 0 Å². The highest BCUT2D eigenvalue weighted by Gasteiger charge is 2.39. The predicted molar refractivity (Wildman–Crippen MR) is 115 cm³/mol. The van der Waals surface area contributed by atoms with Crippen molar-refractivity contribution in [2.45, 2.75) is 43.4 Å². The average Bonchev–Trinajstić information content (AvgIpc) is 3.05. The summed E-state index contributed by atoms with van der Waals surface area (Å²) in [5.41, 5.74) is 10.3. The van der Waals surface area contributed by atoms with Gasteiger partial charge in [0.25, 0.3) is 0 Å². The first-order valence-corrected chi connectivity index (χ1v) is 10.4. The normalized spacial score (nSPS) is 24.6. The first kappa shape index (κ1) is 23.2. The SMILES string of the molecule is CN1C[C@H](CCN)C[C@@H]2c3cccc4c3c(cn4C)C[C@H]21.O=C(O)[C@H](O)[C@@H](O)C(=O)O. The minimum atomic E-state index is -2.27. The third kappa shape index (κ3) is 4.59. The van der Waals surface area contributed by atoms with Crippen molar-refractivity contribution >= 4 is 22.8 Å². The molecule has 5 atom stereocenters. The number of nitrogens with two attached hydrogens (primary N) is 1. The maximum Gasteiger partial charge on any atom is 0.335 e. The van der Waals surface area contributed by atoms with Crippen molar-refractivity contribution in [3.8, 4) is 0 Å². The van der Waals surface area contributed by atoms with E-state index in [-0.39, 0.29) is 0 Å². The number of hydrogen-bond donors (Lipinski definition) is 5. The van der Waals surface area contributed by atoms with Crippen molar-refractivity contribution in [2.75, 3.05) is 20.1 Å². The van der Waals surface area contributed by atoms with Crippen LogP contribution in [0.25, 0.3) is 10.9 Å². The molecular weight excluding hydrogens is 402 g/mol. The van der Waals surface area contributed by atoms with Gasteiger partial charge in [-0.3, -0.25) is 0 Å². The molecule has 0 saturated carbocycles. The molecule has 2 aliphatic rings. The summed E-state index contributed by atoms with van der Waals surface area (Å²) in [5.74, 6) is -2.11. The summed E-state index contributed by atoms with van der Waals surface area (Å²) >= 11 is 0. The van der Waals surface area contributed by atoms with Crippen molar-refractivity contribution in [3.63, 3.8) is 0 Å². The molecule has 1 saturated heterocycles. The Morgan fingerprint density at radius 1 is 1.16 bits per heavy atom. The molecule has 4 rings (SSSR count). The van der Waals surface area contributed by atoms with Crippen molar-refractivity contribution in [2.24, 2.45) is 18.7 Å². The van der Waals surface area contributed by atoms with Gasteiger partial charge in [0.05, 0.1) is 0 Å². The second-order valence-electron chi connectivity index (χ2n) is 8.57. The van der Waals surface area contributed by atoms with Crippen molar-refractivity contribution in [3.05, 3.63) is 35.5 Å². The minimum absolute atomic E-state index is 0.666. The standard InChI is InChI=1S/C18H25N3.C4H6O6/c1-20-10-12(6-7-19)8-15-14-4-3-5-16-18(14)13(9-17(15)20)11-21(16)2;5-1(3(7)8)2(6)4(9)10/h3-5,11-12,15,17H,6-10,19H2,1-2H3;1-2,5-6H,(H,7,8)(H,9,10)/t12-,15-,17-;1-,2-/m11/s1. The molecule has 0 bridgehead atoms. The van der Waals surface area contributed by atoms with E-state index in [1.165, 1.54) is 35.9 Å². The Balaban J connectivity index is 0.000000233. The molecule has 1 aromatic heterocycles. The number of rotatable bonds is 5. The monoisotopic (exact) mass is 433 g/mol. The number of aliphatic carboxylic acids is 2. The van der Waals surface area contributed by atoms with Gasteiger partial charge in [0.1, 0.15) is 0 Å². The fourth-order valence-corrected chi connectivity index (χ4v) is 5.05. The molecule has 0 unspecified atom stereocenters. The van der Waals surface area contributed by atoms with E-state index in [0.717, 1.165) is 18.9 Å². The molecular formula is C22H31N3O6. The van der Waals surface area contributed by atoms with Gasteiger partial charge in [-0.15, -0.1) is 0 Å². The third-order valence-corrected chi connectivity index (χ3v) is 6.50. The van der Waals surface area contributed by atoms with Crippen LogP contribution in [0.2, 0.25) is 0 Å². The highest BCUT2D eigenvalue weighted by Crippen LogP contribution is 2.45. The molecule has 0 spiro atoms. The zero-order chi connectivity index (χ0) is 22.9. The first-order valence-electron chi connectivity index (χ1n) is 10.4. The summed E-state index contributed by atoms with van der Waals surface area (Å²) < 4.78 is 2.29. The summed E-state index contributed by atoms with van der Waals surface area (Å²) in [4.78, 5) is 22.1. The smallest absolute Gasteiger partial charge is 0.335 e. The number of piperidine rings is 1. The van der Waals surface area contributed by atoms with Crippen LogP contribution in [0.4, 0.5) is 0 Å². The quantitative estimate of drug-likeness (QED) is 0.454. The Kier molecular flexibility index (Phi) is 7.00. The van der Waals surface area contributed by atoms with Gasteiger partial charge in [0.15, 0.2) is 12.2 Å². The number of fused-ring (bicyclic) bond motifs is 2. The number of aryl methyl sites for hydroxylation is 1. The lowest BCUT2D eigenvalue weighted by molar-refractivity contribution is -0.165. The van der Waals surface area contributed by atoms with Crippen LogP contribution in [-0.2, 0) is 23.1 Å². The molecule has 9 heteroatoms. The van der Waals surface area contributed by atoms with Gasteiger partial charge in [-0.05, 0) is 56.0 Å². The number of likely N-dealkylation sites (N-methyl/N-ethyl adjacent to an activating group) is 1. The van der Waals surface area contributed by atoms with Gasteiger partial charge in [-0.1, -0.05) is 12.1 Å². The highest BCUT2D eigenvalue weighted by molar-refractivity contribution is 5.89. The zero-order valence-electron chi connectivity index (χ0n) is 17.8. The minimum Gasteiger partial charge on any atom is -0.479 e. The molecule has 2 heterocycles. The van der Waals surface area contributed by atoms with E-state index in [0.29, 0.717) is 12.0 Å². The van der Waals surface area contributed by atoms with Crippen LogP contribution in [0.5, 0.6) is 0 Å². The lowest BCUT2D eigenvalue weighted by atomic mass is 9.72. The van der Waals surface area contributed by atoms with E-state index < -0.39 is 24.1 Å². The molecule has 0 amide bonds. The van der Waals surface area contributed by atoms with Crippen LogP contribution in [0.3, 0.4) is 0 Å². The Labute approximate surface area is 180 Å². The largest absolute Gasteiger partial charge is 0.479 e. The maximum atomic E-state index is 9.77. The van der Waals surface area contributed by atoms with Gasteiger partial charge in [-0.25, -0.2) is 9.59 Å². The second-order valence-corrected chi connectivity index (χ2v) is 8.57. The van der Waals surface area contributed by atoms with E-state index in [2.05, 4.69) is 48.0 Å². The van der Waals surface area contributed by atoms with E-state index in [1.807, 2.05) is 0 Å². The fourth-order valence-electron chi connectivity index (χ4n) is 5.05. The molecule has 9 nitrogen and oxygen atoms in total. The number of aromatic nitrogens is 1. The molecule has 1 aliphatic carbocycles. The van der Waals surface area contributed by atoms with Crippen molar-refractivity contribution < 1.29 is 30.0 Å². The molecule has 1 aliphatic heterocycles. The van der Waals surface area contributed by atoms with Crippen molar-refractivity contribution in [1.82, 2.24) is 9.47 Å². The van der Waals surface area contributed by atoms with Gasteiger partial charge in [0, 0.05) is 42.7 Å². The molecule has 2 aromatic rings.